The van der Waals surface area contributed by atoms with E-state index in [1.807, 2.05) is 0 Å². The van der Waals surface area contributed by atoms with Crippen LogP contribution in [0.1, 0.15) is 0 Å². The molecule has 0 amide bonds. The molecule has 0 radical (unpaired) electrons. The third-order valence-corrected chi connectivity index (χ3v) is 4.57. The number of carbonyl (C=O) groups is 1. The zero-order valence-electron chi connectivity index (χ0n) is 15.8. The Bertz CT molecular complexity index is 853. The van der Waals surface area contributed by atoms with Crippen LogP contribution in [0.4, 0.5) is 27.5 Å². The molecule has 0 aliphatic carbocycles. The van der Waals surface area contributed by atoms with Crippen LogP contribution in [0.2, 0.25) is 0 Å². The fourth-order valence-electron chi connectivity index (χ4n) is 3.50. The molecule has 29 heavy (non-hydrogen) atoms. The largest absolute Gasteiger partial charge is 0.565 e. The molecule has 4 nitrogen and oxygen atoms in total. The first-order valence-electron chi connectivity index (χ1n) is 9.17. The number of rotatable bonds is 4. The number of nitrogens with zero attached hydrogens (tertiary/aromatic N) is 1. The minimum absolute atomic E-state index is 0.559. The van der Waals surface area contributed by atoms with Crippen molar-refractivity contribution in [3.8, 4) is 0 Å². The standard InChI is InChI=1S/C24H20N.CH2O3/c1-5-13-21(14-6-1)25(22-15-7-2-8-16-22,23-17-9-3-10-18-23)24-19-11-4-12-20-24;2-1(3)4/h1-20H;(H2,2,3,4)/q+1;/p-1. The second kappa shape index (κ2) is 9.35. The molecule has 0 unspecified atom stereocenters. The Balaban J connectivity index is 0.000000552. The van der Waals surface area contributed by atoms with Crippen molar-refractivity contribution >= 4 is 28.9 Å². The number of quaternary nitrogens is 1. The van der Waals surface area contributed by atoms with Crippen molar-refractivity contribution in [2.75, 3.05) is 0 Å². The molecule has 0 bridgehead atoms. The van der Waals surface area contributed by atoms with Crippen LogP contribution < -0.4 is 9.59 Å². The van der Waals surface area contributed by atoms with Crippen molar-refractivity contribution in [2.45, 2.75) is 0 Å². The van der Waals surface area contributed by atoms with Gasteiger partial charge in [0.05, 0.1) is 0 Å². The topological polar surface area (TPSA) is 60.4 Å². The molecule has 0 heterocycles. The van der Waals surface area contributed by atoms with Gasteiger partial charge < -0.3 is 15.0 Å². The van der Waals surface area contributed by atoms with E-state index in [1.54, 1.807) is 0 Å². The lowest BCUT2D eigenvalue weighted by Gasteiger charge is -2.37. The van der Waals surface area contributed by atoms with Crippen LogP contribution in [0.15, 0.2) is 121 Å². The molecule has 4 heteroatoms. The van der Waals surface area contributed by atoms with E-state index in [0.29, 0.717) is 4.48 Å². The molecule has 0 atom stereocenters. The number of benzene rings is 4. The van der Waals surface area contributed by atoms with Gasteiger partial charge in [0.1, 0.15) is 22.7 Å². The van der Waals surface area contributed by atoms with E-state index < -0.39 is 6.16 Å². The Morgan fingerprint density at radius 1 is 0.517 bits per heavy atom. The Morgan fingerprint density at radius 3 is 0.862 bits per heavy atom. The van der Waals surface area contributed by atoms with E-state index in [9.17, 15) is 0 Å². The fraction of sp³-hybridized carbons (Fsp3) is 0. The van der Waals surface area contributed by atoms with Crippen LogP contribution >= 0.6 is 0 Å². The molecule has 4 rings (SSSR count). The molecule has 0 aliphatic heterocycles. The SMILES string of the molecule is O=C([O-])O.c1ccc([N+](c2ccccc2)(c2ccccc2)c2ccccc2)cc1. The lowest BCUT2D eigenvalue weighted by atomic mass is 10.1. The van der Waals surface area contributed by atoms with E-state index >= 15 is 0 Å². The van der Waals surface area contributed by atoms with E-state index in [-0.39, 0.29) is 0 Å². The highest BCUT2D eigenvalue weighted by molar-refractivity contribution is 5.81. The van der Waals surface area contributed by atoms with Crippen molar-refractivity contribution in [1.29, 1.82) is 0 Å². The van der Waals surface area contributed by atoms with Gasteiger partial charge in [-0.1, -0.05) is 72.8 Å². The molecular weight excluding hydrogens is 362 g/mol. The van der Waals surface area contributed by atoms with Crippen LogP contribution in [-0.2, 0) is 0 Å². The van der Waals surface area contributed by atoms with Gasteiger partial charge >= 0.3 is 0 Å². The molecule has 0 saturated carbocycles. The molecule has 0 aromatic heterocycles. The summed E-state index contributed by atoms with van der Waals surface area (Å²) in [5, 5.41) is 15.3. The molecule has 4 aromatic rings. The van der Waals surface area contributed by atoms with Gasteiger partial charge in [-0.15, -0.1) is 0 Å². The van der Waals surface area contributed by atoms with E-state index in [2.05, 4.69) is 121 Å². The van der Waals surface area contributed by atoms with Gasteiger partial charge in [0.25, 0.3) is 0 Å². The Hall–Kier alpha value is -3.89. The maximum atomic E-state index is 8.44. The van der Waals surface area contributed by atoms with Gasteiger partial charge in [0.15, 0.2) is 0 Å². The summed E-state index contributed by atoms with van der Waals surface area (Å²) in [7, 11) is 0. The highest BCUT2D eigenvalue weighted by atomic mass is 16.6. The summed E-state index contributed by atoms with van der Waals surface area (Å²) in [6.07, 6.45) is -2.08. The fourth-order valence-corrected chi connectivity index (χ4v) is 3.50. The Labute approximate surface area is 170 Å². The summed E-state index contributed by atoms with van der Waals surface area (Å²) in [5.41, 5.74) is 4.86. The molecular formula is C25H21NO3. The normalized spacial score (nSPS) is 10.5. The third kappa shape index (κ3) is 4.34. The average molecular weight is 383 g/mol. The summed E-state index contributed by atoms with van der Waals surface area (Å²) < 4.78 is 0.559. The highest BCUT2D eigenvalue weighted by Gasteiger charge is 2.38. The van der Waals surface area contributed by atoms with Gasteiger partial charge in [-0.2, -0.15) is 4.48 Å². The Morgan fingerprint density at radius 2 is 0.690 bits per heavy atom. The van der Waals surface area contributed by atoms with Crippen LogP contribution in [0, 0.1) is 0 Å². The van der Waals surface area contributed by atoms with Crippen LogP contribution in [0.3, 0.4) is 0 Å². The van der Waals surface area contributed by atoms with Crippen molar-refractivity contribution < 1.29 is 15.0 Å². The van der Waals surface area contributed by atoms with Crippen molar-refractivity contribution in [1.82, 2.24) is 4.48 Å². The second-order valence-corrected chi connectivity index (χ2v) is 6.28. The van der Waals surface area contributed by atoms with E-state index in [4.69, 9.17) is 15.0 Å². The van der Waals surface area contributed by atoms with Gasteiger partial charge in [0, 0.05) is 48.5 Å². The van der Waals surface area contributed by atoms with Crippen molar-refractivity contribution in [3.05, 3.63) is 121 Å². The van der Waals surface area contributed by atoms with Gasteiger partial charge in [-0.25, -0.2) is 0 Å². The molecule has 0 saturated heterocycles. The zero-order chi connectivity index (χ0) is 20.5. The predicted octanol–water partition coefficient (Wildman–Crippen LogP) is 5.88. The molecule has 0 spiro atoms. The van der Waals surface area contributed by atoms with Gasteiger partial charge in [-0.3, -0.25) is 0 Å². The molecule has 1 N–H and O–H groups in total. The highest BCUT2D eigenvalue weighted by Crippen LogP contribution is 2.50. The summed E-state index contributed by atoms with van der Waals surface area (Å²) in [4.78, 5) is 8.44. The van der Waals surface area contributed by atoms with Crippen LogP contribution in [0.25, 0.3) is 0 Å². The monoisotopic (exact) mass is 383 g/mol. The molecule has 4 aromatic carbocycles. The van der Waals surface area contributed by atoms with E-state index in [0.717, 1.165) is 0 Å². The van der Waals surface area contributed by atoms with Crippen molar-refractivity contribution in [3.63, 3.8) is 0 Å². The average Bonchev–Trinajstić information content (AvgIpc) is 2.77. The third-order valence-electron chi connectivity index (χ3n) is 4.57. The molecule has 144 valence electrons. The summed E-state index contributed by atoms with van der Waals surface area (Å²) in [5.74, 6) is 0. The Kier molecular flexibility index (Phi) is 6.40. The smallest absolute Gasteiger partial charge is 0.249 e. The minimum atomic E-state index is -2.08. The quantitative estimate of drug-likeness (QED) is 0.448. The van der Waals surface area contributed by atoms with Crippen LogP contribution in [-0.4, -0.2) is 11.3 Å². The number of carboxylic acid groups (broad SMARTS) is 2. The first kappa shape index (κ1) is 19.9. The lowest BCUT2D eigenvalue weighted by Crippen LogP contribution is -2.33. The van der Waals surface area contributed by atoms with Crippen LogP contribution in [0.5, 0.6) is 0 Å². The first-order valence-corrected chi connectivity index (χ1v) is 9.17. The second-order valence-electron chi connectivity index (χ2n) is 6.28. The van der Waals surface area contributed by atoms with Crippen molar-refractivity contribution in [2.24, 2.45) is 0 Å². The maximum absolute atomic E-state index is 8.44. The van der Waals surface area contributed by atoms with Gasteiger partial charge in [0.2, 0.25) is 6.16 Å². The molecule has 0 aliphatic rings. The molecule has 0 fully saturated rings. The summed E-state index contributed by atoms with van der Waals surface area (Å²) >= 11 is 0. The summed E-state index contributed by atoms with van der Waals surface area (Å²) in [6, 6.07) is 42.8. The number of hydrogen-bond donors (Lipinski definition) is 1. The number of hydrogen-bond acceptors (Lipinski definition) is 2. The predicted molar refractivity (Wildman–Crippen MR) is 115 cm³/mol. The van der Waals surface area contributed by atoms with E-state index in [1.165, 1.54) is 22.7 Å². The minimum Gasteiger partial charge on any atom is -0.565 e. The maximum Gasteiger partial charge on any atom is 0.249 e. The summed E-state index contributed by atoms with van der Waals surface area (Å²) in [6.45, 7) is 0. The first-order chi connectivity index (χ1) is 14.2. The zero-order valence-corrected chi connectivity index (χ0v) is 15.8. The van der Waals surface area contributed by atoms with Gasteiger partial charge in [-0.05, 0) is 0 Å². The lowest BCUT2D eigenvalue weighted by molar-refractivity contribution is -0.275. The number of para-hydroxylation sites is 4.